The first-order valence-electron chi connectivity index (χ1n) is 4.91. The first-order chi connectivity index (χ1) is 8.47. The maximum Gasteiger partial charge on any atom is 0.265 e. The van der Waals surface area contributed by atoms with Gasteiger partial charge in [-0.05, 0) is 25.1 Å². The molecule has 0 aliphatic rings. The molecule has 0 saturated carbocycles. The second kappa shape index (κ2) is 4.87. The molecule has 2 heterocycles. The minimum atomic E-state index is -3.74. The molecule has 0 aromatic carbocycles. The van der Waals surface area contributed by atoms with Crippen LogP contribution < -0.4 is 4.72 Å². The summed E-state index contributed by atoms with van der Waals surface area (Å²) in [6.07, 6.45) is 2.72. The number of hydrogen-bond acceptors (Lipinski definition) is 5. The Bertz CT molecular complexity index is 641. The molecular formula is C10H9ClN4O2S. The predicted molar refractivity (Wildman–Crippen MR) is 66.8 cm³/mol. The number of nitrogens with zero attached hydrogens (tertiary/aromatic N) is 3. The van der Waals surface area contributed by atoms with Gasteiger partial charge in [0.2, 0.25) is 5.95 Å². The van der Waals surface area contributed by atoms with E-state index in [1.54, 1.807) is 6.92 Å². The Hall–Kier alpha value is -1.73. The monoisotopic (exact) mass is 284 g/mol. The van der Waals surface area contributed by atoms with Gasteiger partial charge in [-0.1, -0.05) is 11.6 Å². The quantitative estimate of drug-likeness (QED) is 0.866. The zero-order chi connectivity index (χ0) is 13.2. The molecule has 0 saturated heterocycles. The van der Waals surface area contributed by atoms with Gasteiger partial charge in [0.15, 0.2) is 0 Å². The fourth-order valence-electron chi connectivity index (χ4n) is 1.26. The lowest BCUT2D eigenvalue weighted by Gasteiger charge is -2.06. The highest BCUT2D eigenvalue weighted by atomic mass is 35.5. The highest BCUT2D eigenvalue weighted by molar-refractivity contribution is 7.92. The van der Waals surface area contributed by atoms with Gasteiger partial charge in [0, 0.05) is 18.1 Å². The first-order valence-corrected chi connectivity index (χ1v) is 6.77. The lowest BCUT2D eigenvalue weighted by molar-refractivity contribution is 0.600. The molecule has 94 valence electrons. The van der Waals surface area contributed by atoms with Crippen LogP contribution in [0.5, 0.6) is 0 Å². The molecule has 0 aliphatic heterocycles. The third-order valence-corrected chi connectivity index (χ3v) is 3.50. The molecule has 2 aromatic heterocycles. The van der Waals surface area contributed by atoms with Gasteiger partial charge in [-0.25, -0.2) is 23.1 Å². The van der Waals surface area contributed by atoms with Crippen LogP contribution in [0.15, 0.2) is 35.5 Å². The van der Waals surface area contributed by atoms with E-state index in [1.807, 2.05) is 0 Å². The van der Waals surface area contributed by atoms with Crippen molar-refractivity contribution in [2.45, 2.75) is 11.8 Å². The average molecular weight is 285 g/mol. The van der Waals surface area contributed by atoms with Crippen molar-refractivity contribution in [2.24, 2.45) is 0 Å². The summed E-state index contributed by atoms with van der Waals surface area (Å²) in [6, 6.07) is 4.48. The summed E-state index contributed by atoms with van der Waals surface area (Å²) in [6.45, 7) is 1.69. The van der Waals surface area contributed by atoms with Crippen LogP contribution in [0.2, 0.25) is 5.15 Å². The molecule has 6 nitrogen and oxygen atoms in total. The Kier molecular flexibility index (Phi) is 3.44. The number of pyridine rings is 1. The molecular weight excluding hydrogens is 276 g/mol. The third kappa shape index (κ3) is 2.93. The highest BCUT2D eigenvalue weighted by Gasteiger charge is 2.16. The van der Waals surface area contributed by atoms with E-state index < -0.39 is 10.0 Å². The van der Waals surface area contributed by atoms with Gasteiger partial charge in [-0.15, -0.1) is 0 Å². The predicted octanol–water partition coefficient (Wildman–Crippen LogP) is 1.63. The van der Waals surface area contributed by atoms with E-state index in [4.69, 9.17) is 11.6 Å². The van der Waals surface area contributed by atoms with Gasteiger partial charge in [-0.2, -0.15) is 0 Å². The normalized spacial score (nSPS) is 11.2. The second-order valence-electron chi connectivity index (χ2n) is 3.45. The molecule has 0 radical (unpaired) electrons. The Labute approximate surface area is 109 Å². The van der Waals surface area contributed by atoms with Gasteiger partial charge >= 0.3 is 0 Å². The Morgan fingerprint density at radius 2 is 2.11 bits per heavy atom. The molecule has 0 amide bonds. The lowest BCUT2D eigenvalue weighted by atomic mass is 10.5. The zero-order valence-corrected chi connectivity index (χ0v) is 10.9. The third-order valence-electron chi connectivity index (χ3n) is 1.99. The number of aryl methyl sites for hydroxylation is 1. The standard InChI is InChI=1S/C10H9ClN4O2S/c1-7-5-9(11)14-10(13-7)15-18(16,17)8-3-2-4-12-6-8/h2-6H,1H3,(H,13,14,15). The van der Waals surface area contributed by atoms with E-state index in [1.165, 1.54) is 30.6 Å². The smallest absolute Gasteiger partial charge is 0.263 e. The van der Waals surface area contributed by atoms with Crippen LogP contribution in [0, 0.1) is 6.92 Å². The first kappa shape index (κ1) is 12.7. The average Bonchev–Trinajstić information content (AvgIpc) is 2.28. The molecule has 0 bridgehead atoms. The van der Waals surface area contributed by atoms with Crippen molar-refractivity contribution >= 4 is 27.6 Å². The molecule has 0 unspecified atom stereocenters. The van der Waals surface area contributed by atoms with Crippen molar-refractivity contribution in [1.82, 2.24) is 15.0 Å². The van der Waals surface area contributed by atoms with Crippen LogP contribution in [-0.2, 0) is 10.0 Å². The fraction of sp³-hybridized carbons (Fsp3) is 0.100. The SMILES string of the molecule is Cc1cc(Cl)nc(NS(=O)(=O)c2cccnc2)n1. The van der Waals surface area contributed by atoms with Crippen LogP contribution >= 0.6 is 11.6 Å². The van der Waals surface area contributed by atoms with Crippen molar-refractivity contribution in [3.8, 4) is 0 Å². The van der Waals surface area contributed by atoms with Gasteiger partial charge in [0.25, 0.3) is 10.0 Å². The summed E-state index contributed by atoms with van der Waals surface area (Å²) in [4.78, 5) is 11.5. The highest BCUT2D eigenvalue weighted by Crippen LogP contribution is 2.14. The topological polar surface area (TPSA) is 84.8 Å². The van der Waals surface area contributed by atoms with Crippen molar-refractivity contribution in [2.75, 3.05) is 4.72 Å². The number of hydrogen-bond donors (Lipinski definition) is 1. The summed E-state index contributed by atoms with van der Waals surface area (Å²) < 4.78 is 26.1. The van der Waals surface area contributed by atoms with Crippen LogP contribution in [-0.4, -0.2) is 23.4 Å². The van der Waals surface area contributed by atoms with E-state index >= 15 is 0 Å². The van der Waals surface area contributed by atoms with Gasteiger partial charge in [0.1, 0.15) is 10.0 Å². The number of halogens is 1. The maximum absolute atomic E-state index is 11.9. The zero-order valence-electron chi connectivity index (χ0n) is 9.33. The largest absolute Gasteiger partial charge is 0.265 e. The van der Waals surface area contributed by atoms with Crippen LogP contribution in [0.25, 0.3) is 0 Å². The summed E-state index contributed by atoms with van der Waals surface area (Å²) in [5, 5.41) is 0.173. The number of nitrogens with one attached hydrogen (secondary N) is 1. The summed E-state index contributed by atoms with van der Waals surface area (Å²) in [7, 11) is -3.74. The number of anilines is 1. The van der Waals surface area contributed by atoms with Crippen LogP contribution in [0.3, 0.4) is 0 Å². The van der Waals surface area contributed by atoms with Crippen molar-refractivity contribution in [3.05, 3.63) is 41.4 Å². The molecule has 8 heteroatoms. The van der Waals surface area contributed by atoms with E-state index in [9.17, 15) is 8.42 Å². The van der Waals surface area contributed by atoms with Gasteiger partial charge in [-0.3, -0.25) is 4.98 Å². The fourth-order valence-corrected chi connectivity index (χ4v) is 2.41. The van der Waals surface area contributed by atoms with Crippen molar-refractivity contribution < 1.29 is 8.42 Å². The summed E-state index contributed by atoms with van der Waals surface area (Å²) in [5.74, 6) is -0.0659. The summed E-state index contributed by atoms with van der Waals surface area (Å²) >= 11 is 5.73. The number of sulfonamides is 1. The molecule has 2 rings (SSSR count). The molecule has 1 N–H and O–H groups in total. The second-order valence-corrected chi connectivity index (χ2v) is 5.52. The molecule has 0 spiro atoms. The Morgan fingerprint density at radius 1 is 1.33 bits per heavy atom. The van der Waals surface area contributed by atoms with E-state index in [0.29, 0.717) is 5.69 Å². The Balaban J connectivity index is 2.34. The molecule has 0 aliphatic carbocycles. The minimum absolute atomic E-state index is 0.0335. The summed E-state index contributed by atoms with van der Waals surface area (Å²) in [5.41, 5.74) is 0.568. The minimum Gasteiger partial charge on any atom is -0.263 e. The number of aromatic nitrogens is 3. The molecule has 18 heavy (non-hydrogen) atoms. The molecule has 0 atom stereocenters. The van der Waals surface area contributed by atoms with Crippen molar-refractivity contribution in [1.29, 1.82) is 0 Å². The Morgan fingerprint density at radius 3 is 2.72 bits per heavy atom. The van der Waals surface area contributed by atoms with Crippen molar-refractivity contribution in [3.63, 3.8) is 0 Å². The molecule has 0 fully saturated rings. The van der Waals surface area contributed by atoms with Crippen LogP contribution in [0.4, 0.5) is 5.95 Å². The van der Waals surface area contributed by atoms with Gasteiger partial charge in [0.05, 0.1) is 0 Å². The number of rotatable bonds is 3. The lowest BCUT2D eigenvalue weighted by Crippen LogP contribution is -2.15. The van der Waals surface area contributed by atoms with Gasteiger partial charge < -0.3 is 0 Å². The van der Waals surface area contributed by atoms with E-state index in [2.05, 4.69) is 19.7 Å². The molecule has 2 aromatic rings. The van der Waals surface area contributed by atoms with E-state index in [0.717, 1.165) is 0 Å². The maximum atomic E-state index is 11.9. The van der Waals surface area contributed by atoms with E-state index in [-0.39, 0.29) is 16.0 Å². The van der Waals surface area contributed by atoms with Crippen LogP contribution in [0.1, 0.15) is 5.69 Å².